The Balaban J connectivity index is 2.12. The van der Waals surface area contributed by atoms with Gasteiger partial charge >= 0.3 is 0 Å². The van der Waals surface area contributed by atoms with E-state index in [1.54, 1.807) is 0 Å². The van der Waals surface area contributed by atoms with E-state index in [0.29, 0.717) is 0 Å². The van der Waals surface area contributed by atoms with Gasteiger partial charge in [0.1, 0.15) is 0 Å². The molecule has 0 bridgehead atoms. The predicted molar refractivity (Wildman–Crippen MR) is 51.1 cm³/mol. The van der Waals surface area contributed by atoms with E-state index in [-0.39, 0.29) is 6.10 Å². The van der Waals surface area contributed by atoms with E-state index in [4.69, 9.17) is 5.11 Å². The molecule has 0 spiro atoms. The summed E-state index contributed by atoms with van der Waals surface area (Å²) >= 11 is 0. The summed E-state index contributed by atoms with van der Waals surface area (Å²) < 4.78 is 0. The van der Waals surface area contributed by atoms with Crippen molar-refractivity contribution in [3.63, 3.8) is 0 Å². The van der Waals surface area contributed by atoms with Crippen LogP contribution in [0.25, 0.3) is 0 Å². The van der Waals surface area contributed by atoms with Crippen LogP contribution in [0.4, 0.5) is 0 Å². The Morgan fingerprint density at radius 2 is 2.33 bits per heavy atom. The van der Waals surface area contributed by atoms with Gasteiger partial charge in [0.2, 0.25) is 0 Å². The van der Waals surface area contributed by atoms with Crippen LogP contribution < -0.4 is 5.32 Å². The first-order valence-corrected chi connectivity index (χ1v) is 5.18. The molecule has 2 unspecified atom stereocenters. The van der Waals surface area contributed by atoms with Crippen LogP contribution in [0.1, 0.15) is 39.0 Å². The number of hydrogen-bond donors (Lipinski definition) is 2. The summed E-state index contributed by atoms with van der Waals surface area (Å²) in [4.78, 5) is 0. The zero-order chi connectivity index (χ0) is 8.81. The molecule has 1 fully saturated rings. The first-order chi connectivity index (χ1) is 5.79. The largest absolute Gasteiger partial charge is 0.393 e. The maximum Gasteiger partial charge on any atom is 0.0512 e. The van der Waals surface area contributed by atoms with Gasteiger partial charge in [-0.3, -0.25) is 0 Å². The van der Waals surface area contributed by atoms with E-state index < -0.39 is 0 Å². The van der Waals surface area contributed by atoms with Crippen molar-refractivity contribution in [2.75, 3.05) is 13.1 Å². The Morgan fingerprint density at radius 1 is 1.50 bits per heavy atom. The van der Waals surface area contributed by atoms with Crippen LogP contribution in [0, 0.1) is 5.92 Å². The third kappa shape index (κ3) is 4.07. The molecule has 1 aliphatic heterocycles. The monoisotopic (exact) mass is 171 g/mol. The quantitative estimate of drug-likeness (QED) is 0.675. The summed E-state index contributed by atoms with van der Waals surface area (Å²) in [6.07, 6.45) is 6.06. The lowest BCUT2D eigenvalue weighted by Crippen LogP contribution is -2.21. The second kappa shape index (κ2) is 5.55. The second-order valence-electron chi connectivity index (χ2n) is 3.99. The molecule has 1 heterocycles. The molecule has 2 N–H and O–H groups in total. The van der Waals surface area contributed by atoms with Gasteiger partial charge in [0.15, 0.2) is 0 Å². The fourth-order valence-electron chi connectivity index (χ4n) is 1.81. The molecule has 0 aliphatic carbocycles. The summed E-state index contributed by atoms with van der Waals surface area (Å²) in [7, 11) is 0. The molecular formula is C10H21NO. The fourth-order valence-corrected chi connectivity index (χ4v) is 1.81. The minimum atomic E-state index is -0.117. The van der Waals surface area contributed by atoms with Crippen molar-refractivity contribution in [1.82, 2.24) is 5.32 Å². The number of aliphatic hydroxyl groups is 1. The minimum absolute atomic E-state index is 0.117. The molecule has 1 rings (SSSR count). The number of nitrogens with one attached hydrogen (secondary N) is 1. The smallest absolute Gasteiger partial charge is 0.0512 e. The van der Waals surface area contributed by atoms with Crippen molar-refractivity contribution < 1.29 is 5.11 Å². The van der Waals surface area contributed by atoms with Crippen LogP contribution in [-0.4, -0.2) is 24.3 Å². The van der Waals surface area contributed by atoms with Crippen molar-refractivity contribution in [3.05, 3.63) is 0 Å². The average Bonchev–Trinajstić information content (AvgIpc) is 2.28. The Hall–Kier alpha value is -0.0800. The Morgan fingerprint density at radius 3 is 3.08 bits per heavy atom. The number of aliphatic hydroxyl groups excluding tert-OH is 1. The van der Waals surface area contributed by atoms with Crippen molar-refractivity contribution in [1.29, 1.82) is 0 Å². The zero-order valence-corrected chi connectivity index (χ0v) is 8.05. The molecule has 2 atom stereocenters. The van der Waals surface area contributed by atoms with Crippen LogP contribution in [-0.2, 0) is 0 Å². The van der Waals surface area contributed by atoms with Gasteiger partial charge in [0, 0.05) is 0 Å². The van der Waals surface area contributed by atoms with Gasteiger partial charge in [-0.2, -0.15) is 0 Å². The molecule has 0 aromatic heterocycles. The average molecular weight is 171 g/mol. The van der Waals surface area contributed by atoms with Crippen LogP contribution in [0.5, 0.6) is 0 Å². The molecule has 0 radical (unpaired) electrons. The fraction of sp³-hybridized carbons (Fsp3) is 1.00. The van der Waals surface area contributed by atoms with E-state index in [1.807, 2.05) is 6.92 Å². The van der Waals surface area contributed by atoms with E-state index in [1.165, 1.54) is 32.2 Å². The third-order valence-electron chi connectivity index (χ3n) is 2.64. The summed E-state index contributed by atoms with van der Waals surface area (Å²) in [6, 6.07) is 0. The minimum Gasteiger partial charge on any atom is -0.393 e. The molecule has 12 heavy (non-hydrogen) atoms. The van der Waals surface area contributed by atoms with Crippen molar-refractivity contribution in [3.8, 4) is 0 Å². The van der Waals surface area contributed by atoms with Gasteiger partial charge in [0.05, 0.1) is 6.10 Å². The summed E-state index contributed by atoms with van der Waals surface area (Å²) in [5.41, 5.74) is 0. The van der Waals surface area contributed by atoms with Gasteiger partial charge in [-0.15, -0.1) is 0 Å². The molecule has 0 aromatic rings. The Kier molecular flexibility index (Phi) is 4.62. The van der Waals surface area contributed by atoms with E-state index in [2.05, 4.69) is 5.32 Å². The highest BCUT2D eigenvalue weighted by Crippen LogP contribution is 2.17. The Bertz CT molecular complexity index is 106. The SMILES string of the molecule is CC(O)CCC1CCCCNC1. The van der Waals surface area contributed by atoms with Crippen LogP contribution in [0.15, 0.2) is 0 Å². The topological polar surface area (TPSA) is 32.3 Å². The lowest BCUT2D eigenvalue weighted by Gasteiger charge is -2.14. The normalized spacial score (nSPS) is 28.0. The van der Waals surface area contributed by atoms with Crippen LogP contribution >= 0.6 is 0 Å². The van der Waals surface area contributed by atoms with Gasteiger partial charge in [0.25, 0.3) is 0 Å². The van der Waals surface area contributed by atoms with Crippen molar-refractivity contribution in [2.24, 2.45) is 5.92 Å². The van der Waals surface area contributed by atoms with Gasteiger partial charge < -0.3 is 10.4 Å². The lowest BCUT2D eigenvalue weighted by molar-refractivity contribution is 0.172. The van der Waals surface area contributed by atoms with E-state index in [9.17, 15) is 0 Å². The van der Waals surface area contributed by atoms with Gasteiger partial charge in [-0.1, -0.05) is 6.42 Å². The highest BCUT2D eigenvalue weighted by molar-refractivity contribution is 4.68. The predicted octanol–water partition coefficient (Wildman–Crippen LogP) is 1.54. The maximum atomic E-state index is 9.13. The molecule has 1 saturated heterocycles. The second-order valence-corrected chi connectivity index (χ2v) is 3.99. The van der Waals surface area contributed by atoms with Gasteiger partial charge in [-0.05, 0) is 51.6 Å². The molecule has 0 saturated carbocycles. The highest BCUT2D eigenvalue weighted by atomic mass is 16.3. The van der Waals surface area contributed by atoms with E-state index in [0.717, 1.165) is 18.9 Å². The standard InChI is InChI=1S/C10H21NO/c1-9(12)5-6-10-4-2-3-7-11-8-10/h9-12H,2-8H2,1H3. The molecule has 2 nitrogen and oxygen atoms in total. The maximum absolute atomic E-state index is 9.13. The summed E-state index contributed by atoms with van der Waals surface area (Å²) in [5.74, 6) is 0.807. The first kappa shape index (κ1) is 10.0. The zero-order valence-electron chi connectivity index (χ0n) is 8.05. The van der Waals surface area contributed by atoms with E-state index >= 15 is 0 Å². The van der Waals surface area contributed by atoms with Crippen LogP contribution in [0.3, 0.4) is 0 Å². The number of rotatable bonds is 3. The third-order valence-corrected chi connectivity index (χ3v) is 2.64. The van der Waals surface area contributed by atoms with Gasteiger partial charge in [-0.25, -0.2) is 0 Å². The molecular weight excluding hydrogens is 150 g/mol. The number of hydrogen-bond acceptors (Lipinski definition) is 2. The summed E-state index contributed by atoms with van der Waals surface area (Å²) in [5, 5.41) is 12.6. The molecule has 0 aromatic carbocycles. The molecule has 2 heteroatoms. The van der Waals surface area contributed by atoms with Crippen molar-refractivity contribution >= 4 is 0 Å². The molecule has 72 valence electrons. The lowest BCUT2D eigenvalue weighted by atomic mass is 9.97. The summed E-state index contributed by atoms with van der Waals surface area (Å²) in [6.45, 7) is 4.22. The van der Waals surface area contributed by atoms with Crippen LogP contribution in [0.2, 0.25) is 0 Å². The van der Waals surface area contributed by atoms with Crippen molar-refractivity contribution in [2.45, 2.75) is 45.1 Å². The highest BCUT2D eigenvalue weighted by Gasteiger charge is 2.11. The molecule has 1 aliphatic rings. The molecule has 0 amide bonds. The first-order valence-electron chi connectivity index (χ1n) is 5.18. The Labute approximate surface area is 75.4 Å².